The molecule has 0 aromatic heterocycles. The van der Waals surface area contributed by atoms with Crippen LogP contribution in [0.5, 0.6) is 0 Å². The average molecular weight is 307 g/mol. The summed E-state index contributed by atoms with van der Waals surface area (Å²) in [6.07, 6.45) is 3.07. The van der Waals surface area contributed by atoms with E-state index in [0.717, 1.165) is 24.2 Å². The number of carbonyl (C=O) groups excluding carboxylic acids is 2. The van der Waals surface area contributed by atoms with Gasteiger partial charge in [-0.15, -0.1) is 0 Å². The first-order valence-corrected chi connectivity index (χ1v) is 7.44. The van der Waals surface area contributed by atoms with E-state index in [9.17, 15) is 14.4 Å². The average Bonchev–Trinajstić information content (AvgIpc) is 3.10. The molecule has 0 atom stereocenters. The summed E-state index contributed by atoms with van der Waals surface area (Å²) in [6.45, 7) is 0. The molecule has 5 heteroatoms. The summed E-state index contributed by atoms with van der Waals surface area (Å²) in [5.74, 6) is -1.99. The van der Waals surface area contributed by atoms with Crippen LogP contribution in [0.2, 0.25) is 0 Å². The number of imide groups is 1. The summed E-state index contributed by atoms with van der Waals surface area (Å²) < 4.78 is 0. The number of hydrogen-bond donors (Lipinski definition) is 1. The quantitative estimate of drug-likeness (QED) is 0.866. The topological polar surface area (TPSA) is 74.7 Å². The summed E-state index contributed by atoms with van der Waals surface area (Å²) in [7, 11) is 0. The Morgan fingerprint density at radius 3 is 2.43 bits per heavy atom. The smallest absolute Gasteiger partial charge is 0.335 e. The molecule has 0 spiro atoms. The molecule has 2 amide bonds. The van der Waals surface area contributed by atoms with Crippen LogP contribution >= 0.6 is 0 Å². The number of carboxylic acids is 1. The minimum atomic E-state index is -1.12. The highest BCUT2D eigenvalue weighted by molar-refractivity contribution is 6.34. The van der Waals surface area contributed by atoms with Crippen molar-refractivity contribution >= 4 is 23.5 Å². The summed E-state index contributed by atoms with van der Waals surface area (Å²) in [5.41, 5.74) is 3.38. The minimum absolute atomic E-state index is 0.000651. The molecule has 1 heterocycles. The Morgan fingerprint density at radius 2 is 1.65 bits per heavy atom. The van der Waals surface area contributed by atoms with Crippen LogP contribution in [0.15, 0.2) is 36.4 Å². The molecule has 0 bridgehead atoms. The van der Waals surface area contributed by atoms with E-state index < -0.39 is 17.8 Å². The van der Waals surface area contributed by atoms with Crippen molar-refractivity contribution in [3.05, 3.63) is 64.2 Å². The maximum absolute atomic E-state index is 12.6. The first-order valence-electron chi connectivity index (χ1n) is 7.44. The Hall–Kier alpha value is -2.95. The summed E-state index contributed by atoms with van der Waals surface area (Å²) in [6, 6.07) is 9.66. The molecule has 2 aromatic rings. The lowest BCUT2D eigenvalue weighted by molar-refractivity contribution is 0.0696. The van der Waals surface area contributed by atoms with Crippen molar-refractivity contribution in [3.8, 4) is 0 Å². The molecule has 0 fully saturated rings. The molecule has 1 aliphatic carbocycles. The standard InChI is InChI=1S/C18H13NO4/c20-16-14-7-5-12(18(22)23)9-15(14)17(21)19(16)13-6-4-10-2-1-3-11(10)8-13/h4-9H,1-3H2,(H,22,23). The molecule has 2 aliphatic rings. The van der Waals surface area contributed by atoms with E-state index in [4.69, 9.17) is 5.11 Å². The number of amides is 2. The molecular formula is C18H13NO4. The molecule has 23 heavy (non-hydrogen) atoms. The van der Waals surface area contributed by atoms with Gasteiger partial charge < -0.3 is 5.11 Å². The van der Waals surface area contributed by atoms with Crippen molar-refractivity contribution in [3.63, 3.8) is 0 Å². The van der Waals surface area contributed by atoms with Crippen LogP contribution in [0.4, 0.5) is 5.69 Å². The number of carbonyl (C=O) groups is 3. The third-order valence-electron chi connectivity index (χ3n) is 4.47. The van der Waals surface area contributed by atoms with Gasteiger partial charge in [-0.2, -0.15) is 0 Å². The van der Waals surface area contributed by atoms with Crippen molar-refractivity contribution in [1.29, 1.82) is 0 Å². The van der Waals surface area contributed by atoms with Crippen LogP contribution in [0, 0.1) is 0 Å². The Bertz CT molecular complexity index is 885. The predicted octanol–water partition coefficient (Wildman–Crippen LogP) is 2.67. The molecule has 1 N–H and O–H groups in total. The van der Waals surface area contributed by atoms with Gasteiger partial charge in [-0.05, 0) is 60.7 Å². The SMILES string of the molecule is O=C(O)c1ccc2c(c1)C(=O)N(c1ccc3c(c1)CCC3)C2=O. The van der Waals surface area contributed by atoms with Gasteiger partial charge >= 0.3 is 5.97 Å². The maximum Gasteiger partial charge on any atom is 0.335 e. The Kier molecular flexibility index (Phi) is 2.84. The van der Waals surface area contributed by atoms with E-state index in [1.807, 2.05) is 12.1 Å². The number of nitrogens with zero attached hydrogens (tertiary/aromatic N) is 1. The van der Waals surface area contributed by atoms with Gasteiger partial charge in [-0.1, -0.05) is 6.07 Å². The van der Waals surface area contributed by atoms with Gasteiger partial charge in [0.15, 0.2) is 0 Å². The minimum Gasteiger partial charge on any atom is -0.478 e. The number of benzene rings is 2. The lowest BCUT2D eigenvalue weighted by Gasteiger charge is -2.15. The van der Waals surface area contributed by atoms with Gasteiger partial charge in [0, 0.05) is 0 Å². The molecule has 1 aliphatic heterocycles. The highest BCUT2D eigenvalue weighted by atomic mass is 16.4. The molecule has 114 valence electrons. The molecule has 0 saturated carbocycles. The normalized spacial score (nSPS) is 15.7. The Balaban J connectivity index is 1.78. The predicted molar refractivity (Wildman–Crippen MR) is 83.0 cm³/mol. The molecule has 0 saturated heterocycles. The number of aryl methyl sites for hydroxylation is 2. The third-order valence-corrected chi connectivity index (χ3v) is 4.47. The Labute approximate surface area is 132 Å². The van der Waals surface area contributed by atoms with Gasteiger partial charge in [0.1, 0.15) is 0 Å². The zero-order valence-electron chi connectivity index (χ0n) is 12.2. The molecule has 0 unspecified atom stereocenters. The number of fused-ring (bicyclic) bond motifs is 2. The number of hydrogen-bond acceptors (Lipinski definition) is 3. The van der Waals surface area contributed by atoms with Gasteiger partial charge in [-0.25, -0.2) is 9.69 Å². The van der Waals surface area contributed by atoms with E-state index in [0.29, 0.717) is 5.69 Å². The number of carboxylic acid groups (broad SMARTS) is 1. The van der Waals surface area contributed by atoms with Crippen molar-refractivity contribution in [2.24, 2.45) is 0 Å². The van der Waals surface area contributed by atoms with Gasteiger partial charge in [0.2, 0.25) is 0 Å². The van der Waals surface area contributed by atoms with E-state index >= 15 is 0 Å². The van der Waals surface area contributed by atoms with Gasteiger partial charge in [0.25, 0.3) is 11.8 Å². The van der Waals surface area contributed by atoms with Crippen molar-refractivity contribution in [1.82, 2.24) is 0 Å². The van der Waals surface area contributed by atoms with Crippen LogP contribution in [-0.4, -0.2) is 22.9 Å². The fourth-order valence-electron chi connectivity index (χ4n) is 3.31. The molecular weight excluding hydrogens is 294 g/mol. The first kappa shape index (κ1) is 13.7. The summed E-state index contributed by atoms with van der Waals surface area (Å²) >= 11 is 0. The second-order valence-electron chi connectivity index (χ2n) is 5.82. The number of anilines is 1. The second-order valence-corrected chi connectivity index (χ2v) is 5.82. The summed E-state index contributed by atoms with van der Waals surface area (Å²) in [5, 5.41) is 9.05. The number of rotatable bonds is 2. The highest BCUT2D eigenvalue weighted by Crippen LogP contribution is 2.32. The fourth-order valence-corrected chi connectivity index (χ4v) is 3.31. The third kappa shape index (κ3) is 1.97. The molecule has 5 nitrogen and oxygen atoms in total. The van der Waals surface area contributed by atoms with E-state index in [-0.39, 0.29) is 16.7 Å². The van der Waals surface area contributed by atoms with E-state index in [2.05, 4.69) is 0 Å². The largest absolute Gasteiger partial charge is 0.478 e. The van der Waals surface area contributed by atoms with Crippen LogP contribution in [0.1, 0.15) is 48.6 Å². The molecule has 2 aromatic carbocycles. The zero-order chi connectivity index (χ0) is 16.1. The van der Waals surface area contributed by atoms with Crippen LogP contribution in [-0.2, 0) is 12.8 Å². The molecule has 0 radical (unpaired) electrons. The van der Waals surface area contributed by atoms with E-state index in [1.165, 1.54) is 29.3 Å². The van der Waals surface area contributed by atoms with Crippen molar-refractivity contribution in [2.45, 2.75) is 19.3 Å². The van der Waals surface area contributed by atoms with Gasteiger partial charge in [0.05, 0.1) is 22.4 Å². The fraction of sp³-hybridized carbons (Fsp3) is 0.167. The summed E-state index contributed by atoms with van der Waals surface area (Å²) in [4.78, 5) is 37.3. The van der Waals surface area contributed by atoms with Crippen LogP contribution in [0.3, 0.4) is 0 Å². The lowest BCUT2D eigenvalue weighted by Crippen LogP contribution is -2.29. The zero-order valence-corrected chi connectivity index (χ0v) is 12.2. The second kappa shape index (κ2) is 4.78. The highest BCUT2D eigenvalue weighted by Gasteiger charge is 2.37. The maximum atomic E-state index is 12.6. The number of aromatic carboxylic acids is 1. The van der Waals surface area contributed by atoms with E-state index in [1.54, 1.807) is 6.07 Å². The van der Waals surface area contributed by atoms with Crippen LogP contribution < -0.4 is 4.90 Å². The van der Waals surface area contributed by atoms with Crippen LogP contribution in [0.25, 0.3) is 0 Å². The lowest BCUT2D eigenvalue weighted by atomic mass is 10.1. The first-order chi connectivity index (χ1) is 11.1. The monoisotopic (exact) mass is 307 g/mol. The van der Waals surface area contributed by atoms with Gasteiger partial charge in [-0.3, -0.25) is 9.59 Å². The van der Waals surface area contributed by atoms with Crippen molar-refractivity contribution in [2.75, 3.05) is 4.90 Å². The molecule has 4 rings (SSSR count). The Morgan fingerprint density at radius 1 is 0.913 bits per heavy atom. The van der Waals surface area contributed by atoms with Crippen molar-refractivity contribution < 1.29 is 19.5 Å².